The number of amides is 2. The summed E-state index contributed by atoms with van der Waals surface area (Å²) in [6.07, 6.45) is 2.86. The lowest BCUT2D eigenvalue weighted by molar-refractivity contribution is 0.0881. The number of nitrogens with one attached hydrogen (secondary N) is 1. The normalized spacial score (nSPS) is 18.5. The molecule has 2 amide bonds. The van der Waals surface area contributed by atoms with Crippen molar-refractivity contribution in [3.05, 3.63) is 58.5 Å². The van der Waals surface area contributed by atoms with Crippen LogP contribution in [0.2, 0.25) is 0 Å². The van der Waals surface area contributed by atoms with Crippen molar-refractivity contribution in [1.29, 1.82) is 5.26 Å². The van der Waals surface area contributed by atoms with Gasteiger partial charge in [0.2, 0.25) is 5.88 Å². The number of pyridine rings is 1. The molecule has 1 aliphatic carbocycles. The maximum absolute atomic E-state index is 12.5. The Kier molecular flexibility index (Phi) is 5.63. The summed E-state index contributed by atoms with van der Waals surface area (Å²) in [6, 6.07) is 12.3. The molecule has 2 aromatic heterocycles. The van der Waals surface area contributed by atoms with Gasteiger partial charge in [-0.2, -0.15) is 5.26 Å². The zero-order valence-corrected chi connectivity index (χ0v) is 16.9. The number of aromatic nitrogens is 1. The number of thiophene rings is 1. The van der Waals surface area contributed by atoms with Crippen molar-refractivity contribution >= 4 is 33.4 Å². The second-order valence-electron chi connectivity index (χ2n) is 7.27. The topological polar surface area (TPSA) is 118 Å². The van der Waals surface area contributed by atoms with Crippen molar-refractivity contribution in [3.8, 4) is 11.9 Å². The first-order valence-electron chi connectivity index (χ1n) is 9.69. The molecule has 0 saturated heterocycles. The summed E-state index contributed by atoms with van der Waals surface area (Å²) < 4.78 is 6.93. The van der Waals surface area contributed by atoms with Gasteiger partial charge >= 0.3 is 0 Å². The molecule has 0 bridgehead atoms. The van der Waals surface area contributed by atoms with E-state index in [1.54, 1.807) is 30.3 Å². The van der Waals surface area contributed by atoms with Crippen molar-refractivity contribution < 1.29 is 14.3 Å². The summed E-state index contributed by atoms with van der Waals surface area (Å²) in [4.78, 5) is 28.7. The van der Waals surface area contributed by atoms with Crippen LogP contribution in [0, 0.1) is 11.3 Å². The molecule has 0 atom stereocenters. The van der Waals surface area contributed by atoms with Crippen LogP contribution in [0.4, 0.5) is 0 Å². The van der Waals surface area contributed by atoms with E-state index in [1.165, 1.54) is 11.3 Å². The van der Waals surface area contributed by atoms with E-state index in [2.05, 4.69) is 10.3 Å². The molecule has 1 saturated carbocycles. The Morgan fingerprint density at radius 3 is 2.73 bits per heavy atom. The molecule has 0 aliphatic heterocycles. The van der Waals surface area contributed by atoms with E-state index in [0.717, 1.165) is 35.9 Å². The van der Waals surface area contributed by atoms with E-state index in [1.807, 2.05) is 17.5 Å². The maximum Gasteiger partial charge on any atom is 0.254 e. The van der Waals surface area contributed by atoms with E-state index < -0.39 is 5.91 Å². The van der Waals surface area contributed by atoms with Crippen LogP contribution >= 0.6 is 11.3 Å². The Morgan fingerprint density at radius 1 is 1.20 bits per heavy atom. The van der Waals surface area contributed by atoms with Gasteiger partial charge in [0.05, 0.1) is 21.8 Å². The highest BCUT2D eigenvalue weighted by molar-refractivity contribution is 7.17. The van der Waals surface area contributed by atoms with E-state index >= 15 is 0 Å². The number of fused-ring (bicyclic) bond motifs is 1. The molecule has 7 nitrogen and oxygen atoms in total. The van der Waals surface area contributed by atoms with Crippen molar-refractivity contribution in [2.45, 2.75) is 37.8 Å². The SMILES string of the molecule is N#Cc1cccc(C(=O)N[C@H]2CC[C@H](Oc3nc4ccsc4cc3C(N)=O)CC2)c1. The lowest BCUT2D eigenvalue weighted by Gasteiger charge is -2.29. The Morgan fingerprint density at radius 2 is 2.00 bits per heavy atom. The van der Waals surface area contributed by atoms with Gasteiger partial charge in [-0.05, 0) is 61.4 Å². The van der Waals surface area contributed by atoms with Crippen LogP contribution in [-0.2, 0) is 0 Å². The second kappa shape index (κ2) is 8.51. The number of carbonyl (C=O) groups excluding carboxylic acids is 2. The number of nitrogens with zero attached hydrogens (tertiary/aromatic N) is 2. The minimum absolute atomic E-state index is 0.0333. The Hall–Kier alpha value is -3.44. The smallest absolute Gasteiger partial charge is 0.254 e. The molecule has 152 valence electrons. The molecule has 0 radical (unpaired) electrons. The summed E-state index contributed by atoms with van der Waals surface area (Å²) >= 11 is 1.50. The van der Waals surface area contributed by atoms with Gasteiger partial charge in [-0.3, -0.25) is 9.59 Å². The van der Waals surface area contributed by atoms with Crippen LogP contribution in [-0.4, -0.2) is 28.9 Å². The number of carbonyl (C=O) groups is 2. The molecule has 4 rings (SSSR count). The first-order chi connectivity index (χ1) is 14.5. The lowest BCUT2D eigenvalue weighted by Crippen LogP contribution is -2.39. The van der Waals surface area contributed by atoms with Crippen LogP contribution in [0.25, 0.3) is 10.2 Å². The predicted octanol–water partition coefficient (Wildman–Crippen LogP) is 3.39. The van der Waals surface area contributed by atoms with Crippen LogP contribution in [0.3, 0.4) is 0 Å². The van der Waals surface area contributed by atoms with Gasteiger partial charge in [0, 0.05) is 11.6 Å². The molecule has 8 heteroatoms. The molecule has 0 spiro atoms. The van der Waals surface area contributed by atoms with Gasteiger partial charge in [0.25, 0.3) is 11.8 Å². The van der Waals surface area contributed by atoms with Crippen molar-refractivity contribution in [2.24, 2.45) is 5.73 Å². The predicted molar refractivity (Wildman–Crippen MR) is 113 cm³/mol. The van der Waals surface area contributed by atoms with Gasteiger partial charge in [0.15, 0.2) is 0 Å². The van der Waals surface area contributed by atoms with Crippen LogP contribution in [0.5, 0.6) is 5.88 Å². The first kappa shape index (κ1) is 19.9. The number of ether oxygens (including phenoxy) is 1. The molecule has 1 aromatic carbocycles. The van der Waals surface area contributed by atoms with Crippen molar-refractivity contribution in [3.63, 3.8) is 0 Å². The third kappa shape index (κ3) is 4.26. The van der Waals surface area contributed by atoms with E-state index in [4.69, 9.17) is 15.7 Å². The monoisotopic (exact) mass is 420 g/mol. The summed E-state index contributed by atoms with van der Waals surface area (Å²) in [7, 11) is 0. The number of benzene rings is 1. The van der Waals surface area contributed by atoms with E-state index in [9.17, 15) is 9.59 Å². The zero-order valence-electron chi connectivity index (χ0n) is 16.1. The van der Waals surface area contributed by atoms with Gasteiger partial charge < -0.3 is 15.8 Å². The van der Waals surface area contributed by atoms with Gasteiger partial charge in [-0.1, -0.05) is 6.07 Å². The molecule has 3 N–H and O–H groups in total. The number of primary amides is 1. The van der Waals surface area contributed by atoms with Crippen LogP contribution in [0.15, 0.2) is 41.8 Å². The third-order valence-corrected chi connectivity index (χ3v) is 6.06. The summed E-state index contributed by atoms with van der Waals surface area (Å²) in [6.45, 7) is 0. The molecule has 3 aromatic rings. The zero-order chi connectivity index (χ0) is 21.1. The number of nitriles is 1. The van der Waals surface area contributed by atoms with Gasteiger partial charge in [-0.15, -0.1) is 11.3 Å². The molecule has 0 unspecified atom stereocenters. The summed E-state index contributed by atoms with van der Waals surface area (Å²) in [5.74, 6) is -0.473. The highest BCUT2D eigenvalue weighted by Gasteiger charge is 2.26. The molecule has 1 aliphatic rings. The number of hydrogen-bond donors (Lipinski definition) is 2. The Labute approximate surface area is 177 Å². The number of hydrogen-bond acceptors (Lipinski definition) is 6. The highest BCUT2D eigenvalue weighted by atomic mass is 32.1. The Bertz CT molecular complexity index is 1140. The van der Waals surface area contributed by atoms with Gasteiger partial charge in [0.1, 0.15) is 11.7 Å². The third-order valence-electron chi connectivity index (χ3n) is 5.21. The Balaban J connectivity index is 1.37. The summed E-state index contributed by atoms with van der Waals surface area (Å²) in [5, 5.41) is 13.9. The highest BCUT2D eigenvalue weighted by Crippen LogP contribution is 2.29. The average Bonchev–Trinajstić information content (AvgIpc) is 3.22. The number of rotatable bonds is 5. The first-order valence-corrected chi connectivity index (χ1v) is 10.6. The van der Waals surface area contributed by atoms with Crippen molar-refractivity contribution in [1.82, 2.24) is 10.3 Å². The lowest BCUT2D eigenvalue weighted by atomic mass is 9.92. The minimum Gasteiger partial charge on any atom is -0.474 e. The standard InChI is InChI=1S/C22H20N4O3S/c23-12-13-2-1-3-14(10-13)21(28)25-15-4-6-16(7-5-15)29-22-17(20(24)27)11-19-18(26-22)8-9-30-19/h1-3,8-11,15-16H,4-7H2,(H2,24,27)(H,25,28)/t15-,16-. The number of nitrogens with two attached hydrogens (primary N) is 1. The van der Waals surface area contributed by atoms with Crippen LogP contribution < -0.4 is 15.8 Å². The maximum atomic E-state index is 12.5. The quantitative estimate of drug-likeness (QED) is 0.656. The van der Waals surface area contributed by atoms with Gasteiger partial charge in [-0.25, -0.2) is 4.98 Å². The fraction of sp³-hybridized carbons (Fsp3) is 0.273. The van der Waals surface area contributed by atoms with Crippen molar-refractivity contribution in [2.75, 3.05) is 0 Å². The molecule has 1 fully saturated rings. The average molecular weight is 420 g/mol. The van der Waals surface area contributed by atoms with E-state index in [0.29, 0.717) is 11.1 Å². The molecular formula is C22H20N4O3S. The van der Waals surface area contributed by atoms with Crippen LogP contribution in [0.1, 0.15) is 52.0 Å². The fourth-order valence-electron chi connectivity index (χ4n) is 3.63. The molecular weight excluding hydrogens is 400 g/mol. The molecule has 30 heavy (non-hydrogen) atoms. The summed E-state index contributed by atoms with van der Waals surface area (Å²) in [5.41, 5.74) is 7.52. The molecule has 2 heterocycles. The minimum atomic E-state index is -0.562. The van der Waals surface area contributed by atoms with E-state index in [-0.39, 0.29) is 29.5 Å². The second-order valence-corrected chi connectivity index (χ2v) is 8.21. The fourth-order valence-corrected chi connectivity index (χ4v) is 4.39. The largest absolute Gasteiger partial charge is 0.474 e.